The summed E-state index contributed by atoms with van der Waals surface area (Å²) in [4.78, 5) is 20.4. The number of aromatic nitrogens is 1. The number of aliphatic hydroxyl groups is 1. The number of carbonyl (C=O) groups is 1. The van der Waals surface area contributed by atoms with Gasteiger partial charge in [0.2, 0.25) is 0 Å². The summed E-state index contributed by atoms with van der Waals surface area (Å²) in [5.41, 5.74) is 1.48. The van der Waals surface area contributed by atoms with Gasteiger partial charge in [-0.15, -0.1) is 0 Å². The van der Waals surface area contributed by atoms with E-state index < -0.39 is 6.10 Å². The average Bonchev–Trinajstić information content (AvgIpc) is 2.69. The molecule has 1 fully saturated rings. The topological polar surface area (TPSA) is 56.7 Å². The SMILES string of the molecule is Cc1ccc(C(=O)N2CC(O)CC2CN(C)C)cn1. The fraction of sp³-hybridized carbons (Fsp3) is 0.571. The molecule has 0 bridgehead atoms. The maximum atomic E-state index is 12.5. The van der Waals surface area contributed by atoms with E-state index in [4.69, 9.17) is 0 Å². The number of aliphatic hydroxyl groups excluding tert-OH is 1. The standard InChI is InChI=1S/C14H21N3O2/c1-10-4-5-11(7-15-10)14(19)17-9-13(18)6-12(17)8-16(2)3/h4-5,7,12-13,18H,6,8-9H2,1-3H3. The minimum absolute atomic E-state index is 0.0455. The van der Waals surface area contributed by atoms with E-state index in [1.54, 1.807) is 17.2 Å². The molecule has 0 saturated carbocycles. The molecule has 1 N–H and O–H groups in total. The third kappa shape index (κ3) is 3.30. The third-order valence-electron chi connectivity index (χ3n) is 3.39. The minimum Gasteiger partial charge on any atom is -0.391 e. The van der Waals surface area contributed by atoms with E-state index in [0.29, 0.717) is 18.5 Å². The molecule has 104 valence electrons. The van der Waals surface area contributed by atoms with Crippen molar-refractivity contribution >= 4 is 5.91 Å². The predicted molar refractivity (Wildman–Crippen MR) is 73.0 cm³/mol. The molecule has 1 saturated heterocycles. The van der Waals surface area contributed by atoms with E-state index in [1.165, 1.54) is 0 Å². The minimum atomic E-state index is -0.424. The second-order valence-electron chi connectivity index (χ2n) is 5.45. The largest absolute Gasteiger partial charge is 0.391 e. The van der Waals surface area contributed by atoms with Crippen LogP contribution in [0.5, 0.6) is 0 Å². The Kier molecular flexibility index (Phi) is 4.17. The number of nitrogens with zero attached hydrogens (tertiary/aromatic N) is 3. The number of hydrogen-bond acceptors (Lipinski definition) is 4. The lowest BCUT2D eigenvalue weighted by Gasteiger charge is -2.26. The van der Waals surface area contributed by atoms with Crippen molar-refractivity contribution in [3.05, 3.63) is 29.6 Å². The van der Waals surface area contributed by atoms with Crippen LogP contribution in [0, 0.1) is 6.92 Å². The molecule has 2 unspecified atom stereocenters. The van der Waals surface area contributed by atoms with Crippen molar-refractivity contribution in [2.75, 3.05) is 27.2 Å². The summed E-state index contributed by atoms with van der Waals surface area (Å²) < 4.78 is 0. The van der Waals surface area contributed by atoms with Crippen molar-refractivity contribution in [3.8, 4) is 0 Å². The lowest BCUT2D eigenvalue weighted by Crippen LogP contribution is -2.41. The monoisotopic (exact) mass is 263 g/mol. The van der Waals surface area contributed by atoms with Crippen LogP contribution in [-0.2, 0) is 0 Å². The average molecular weight is 263 g/mol. The fourth-order valence-corrected chi connectivity index (χ4v) is 2.50. The van der Waals surface area contributed by atoms with Gasteiger partial charge in [-0.25, -0.2) is 0 Å². The summed E-state index contributed by atoms with van der Waals surface area (Å²) in [5, 5.41) is 9.79. The van der Waals surface area contributed by atoms with E-state index >= 15 is 0 Å². The van der Waals surface area contributed by atoms with Crippen molar-refractivity contribution < 1.29 is 9.90 Å². The molecule has 2 atom stereocenters. The van der Waals surface area contributed by atoms with Gasteiger partial charge in [0, 0.05) is 31.0 Å². The van der Waals surface area contributed by atoms with E-state index in [1.807, 2.05) is 32.0 Å². The van der Waals surface area contributed by atoms with Crippen molar-refractivity contribution in [3.63, 3.8) is 0 Å². The van der Waals surface area contributed by atoms with Crippen LogP contribution in [0.1, 0.15) is 22.5 Å². The molecule has 0 aliphatic carbocycles. The van der Waals surface area contributed by atoms with Gasteiger partial charge in [0.1, 0.15) is 0 Å². The van der Waals surface area contributed by atoms with Gasteiger partial charge in [-0.1, -0.05) is 0 Å². The summed E-state index contributed by atoms with van der Waals surface area (Å²) in [6.07, 6.45) is 1.82. The number of carbonyl (C=O) groups excluding carboxylic acids is 1. The van der Waals surface area contributed by atoms with Gasteiger partial charge in [-0.3, -0.25) is 9.78 Å². The first-order valence-electron chi connectivity index (χ1n) is 6.54. The van der Waals surface area contributed by atoms with Crippen LogP contribution in [0.4, 0.5) is 0 Å². The summed E-state index contributed by atoms with van der Waals surface area (Å²) >= 11 is 0. The Labute approximate surface area is 113 Å². The Morgan fingerprint density at radius 2 is 2.26 bits per heavy atom. The smallest absolute Gasteiger partial charge is 0.255 e. The normalized spacial score (nSPS) is 23.1. The molecule has 19 heavy (non-hydrogen) atoms. The molecule has 5 nitrogen and oxygen atoms in total. The fourth-order valence-electron chi connectivity index (χ4n) is 2.50. The first kappa shape index (κ1) is 14.0. The lowest BCUT2D eigenvalue weighted by molar-refractivity contribution is 0.0698. The first-order chi connectivity index (χ1) is 8.97. The predicted octanol–water partition coefficient (Wildman–Crippen LogP) is 0.527. The van der Waals surface area contributed by atoms with Crippen molar-refractivity contribution in [2.45, 2.75) is 25.5 Å². The van der Waals surface area contributed by atoms with E-state index in [0.717, 1.165) is 12.2 Å². The first-order valence-corrected chi connectivity index (χ1v) is 6.54. The van der Waals surface area contributed by atoms with E-state index in [9.17, 15) is 9.90 Å². The highest BCUT2D eigenvalue weighted by atomic mass is 16.3. The Hall–Kier alpha value is -1.46. The zero-order valence-corrected chi connectivity index (χ0v) is 11.7. The Balaban J connectivity index is 2.14. The summed E-state index contributed by atoms with van der Waals surface area (Å²) in [7, 11) is 3.95. The molecule has 1 aliphatic rings. The zero-order chi connectivity index (χ0) is 14.0. The van der Waals surface area contributed by atoms with Crippen molar-refractivity contribution in [2.24, 2.45) is 0 Å². The van der Waals surface area contributed by atoms with Gasteiger partial charge in [0.05, 0.1) is 11.7 Å². The number of pyridine rings is 1. The number of likely N-dealkylation sites (N-methyl/N-ethyl adjacent to an activating group) is 1. The number of aryl methyl sites for hydroxylation is 1. The van der Waals surface area contributed by atoms with Crippen LogP contribution in [0.3, 0.4) is 0 Å². The van der Waals surface area contributed by atoms with E-state index in [-0.39, 0.29) is 11.9 Å². The maximum Gasteiger partial charge on any atom is 0.255 e. The van der Waals surface area contributed by atoms with Crippen LogP contribution in [0.2, 0.25) is 0 Å². The number of hydrogen-bond donors (Lipinski definition) is 1. The quantitative estimate of drug-likeness (QED) is 0.864. The molecule has 2 heterocycles. The second-order valence-corrected chi connectivity index (χ2v) is 5.45. The molecule has 1 aromatic rings. The van der Waals surface area contributed by atoms with Gasteiger partial charge in [-0.2, -0.15) is 0 Å². The molecule has 2 rings (SSSR count). The molecule has 1 aliphatic heterocycles. The summed E-state index contributed by atoms with van der Waals surface area (Å²) in [6.45, 7) is 3.07. The molecule has 5 heteroatoms. The van der Waals surface area contributed by atoms with Gasteiger partial charge in [0.25, 0.3) is 5.91 Å². The second kappa shape index (κ2) is 5.67. The molecule has 1 aromatic heterocycles. The molecule has 1 amide bonds. The highest BCUT2D eigenvalue weighted by molar-refractivity contribution is 5.94. The highest BCUT2D eigenvalue weighted by Gasteiger charge is 2.34. The van der Waals surface area contributed by atoms with Crippen LogP contribution in [-0.4, -0.2) is 65.1 Å². The molecular formula is C14H21N3O2. The maximum absolute atomic E-state index is 12.5. The summed E-state index contributed by atoms with van der Waals surface area (Å²) in [5.74, 6) is -0.0455. The van der Waals surface area contributed by atoms with Gasteiger partial charge in [-0.05, 0) is 39.6 Å². The number of likely N-dealkylation sites (tertiary alicyclic amines) is 1. The van der Waals surface area contributed by atoms with Crippen molar-refractivity contribution in [1.82, 2.24) is 14.8 Å². The van der Waals surface area contributed by atoms with Crippen LogP contribution < -0.4 is 0 Å². The van der Waals surface area contributed by atoms with Crippen LogP contribution >= 0.6 is 0 Å². The number of β-amino-alcohol motifs (C(OH)–C–C–N with tert-alkyl or cyclic N) is 1. The number of rotatable bonds is 3. The highest BCUT2D eigenvalue weighted by Crippen LogP contribution is 2.21. The molecule has 0 radical (unpaired) electrons. The van der Waals surface area contributed by atoms with E-state index in [2.05, 4.69) is 4.98 Å². The Bertz CT molecular complexity index is 445. The number of amides is 1. The summed E-state index contributed by atoms with van der Waals surface area (Å²) in [6, 6.07) is 3.70. The lowest BCUT2D eigenvalue weighted by atomic mass is 10.1. The van der Waals surface area contributed by atoms with Gasteiger partial charge in [0.15, 0.2) is 0 Å². The molecular weight excluding hydrogens is 242 g/mol. The third-order valence-corrected chi connectivity index (χ3v) is 3.39. The molecule has 0 spiro atoms. The zero-order valence-electron chi connectivity index (χ0n) is 11.7. The van der Waals surface area contributed by atoms with Crippen molar-refractivity contribution in [1.29, 1.82) is 0 Å². The Morgan fingerprint density at radius 3 is 2.84 bits per heavy atom. The van der Waals surface area contributed by atoms with Gasteiger partial charge >= 0.3 is 0 Å². The van der Waals surface area contributed by atoms with Gasteiger partial charge < -0.3 is 14.9 Å². The molecule has 0 aromatic carbocycles. The van der Waals surface area contributed by atoms with Crippen LogP contribution in [0.25, 0.3) is 0 Å². The van der Waals surface area contributed by atoms with Crippen LogP contribution in [0.15, 0.2) is 18.3 Å². The Morgan fingerprint density at radius 1 is 1.53 bits per heavy atom.